The largest absolute Gasteiger partial charge is 0.208 e. The summed E-state index contributed by atoms with van der Waals surface area (Å²) in [5, 5.41) is 0. The molecule has 0 amide bonds. The van der Waals surface area contributed by atoms with Gasteiger partial charge >= 0.3 is 0 Å². The Morgan fingerprint density at radius 3 is 1.55 bits per heavy atom. The van der Waals surface area contributed by atoms with E-state index in [1.807, 2.05) is 72.4 Å². The maximum Gasteiger partial charge on any atom is 0.164 e. The van der Waals surface area contributed by atoms with E-state index in [0.29, 0.717) is 17.5 Å². The van der Waals surface area contributed by atoms with Crippen LogP contribution in [-0.2, 0) is 5.41 Å². The van der Waals surface area contributed by atoms with E-state index >= 15 is 0 Å². The molecule has 0 N–H and O–H groups in total. The maximum absolute atomic E-state index is 4.97. The lowest BCUT2D eigenvalue weighted by molar-refractivity contribution is 0.724. The highest BCUT2D eigenvalue weighted by molar-refractivity contribution is 7.99. The van der Waals surface area contributed by atoms with Crippen molar-refractivity contribution in [2.45, 2.75) is 15.2 Å². The predicted molar refractivity (Wildman–Crippen MR) is 178 cm³/mol. The van der Waals surface area contributed by atoms with E-state index in [2.05, 4.69) is 91.0 Å². The van der Waals surface area contributed by atoms with Crippen LogP contribution in [0.4, 0.5) is 0 Å². The van der Waals surface area contributed by atoms with E-state index in [-0.39, 0.29) is 0 Å². The molecular weight excluding hydrogens is 555 g/mol. The second-order valence-electron chi connectivity index (χ2n) is 11.2. The van der Waals surface area contributed by atoms with Crippen molar-refractivity contribution in [3.8, 4) is 45.3 Å². The van der Waals surface area contributed by atoms with E-state index < -0.39 is 5.41 Å². The molecule has 9 rings (SSSR count). The van der Waals surface area contributed by atoms with Crippen LogP contribution in [0.1, 0.15) is 22.3 Å². The standard InChI is InChI=1S/C40H25N3S/c1-3-12-26(13-4-1)37-41-38(27-14-5-2-6-15-27)43-39(42-37)28-22-24-29(25-23-28)40-32-18-8-7-16-30(32)31-17-11-21-35(36(31)40)44-34-20-10-9-19-33(34)40/h1-25H. The zero-order chi connectivity index (χ0) is 29.1. The molecule has 7 aromatic rings. The average Bonchev–Trinajstić information content (AvgIpc) is 3.42. The van der Waals surface area contributed by atoms with Crippen LogP contribution in [0, 0.1) is 0 Å². The van der Waals surface area contributed by atoms with Gasteiger partial charge in [0.25, 0.3) is 0 Å². The van der Waals surface area contributed by atoms with Crippen LogP contribution in [0.2, 0.25) is 0 Å². The Morgan fingerprint density at radius 1 is 0.386 bits per heavy atom. The van der Waals surface area contributed by atoms with Gasteiger partial charge in [0.2, 0.25) is 0 Å². The van der Waals surface area contributed by atoms with Crippen LogP contribution in [0.25, 0.3) is 45.3 Å². The molecular formula is C40H25N3S. The van der Waals surface area contributed by atoms with Crippen molar-refractivity contribution in [2.24, 2.45) is 0 Å². The minimum absolute atomic E-state index is 0.396. The Labute approximate surface area is 260 Å². The highest BCUT2D eigenvalue weighted by Gasteiger charge is 2.50. The summed E-state index contributed by atoms with van der Waals surface area (Å²) in [6, 6.07) is 53.7. The molecule has 2 aliphatic rings. The van der Waals surface area contributed by atoms with Crippen LogP contribution in [0.5, 0.6) is 0 Å². The smallest absolute Gasteiger partial charge is 0.164 e. The number of benzene rings is 6. The summed E-state index contributed by atoms with van der Waals surface area (Å²) >= 11 is 1.88. The second-order valence-corrected chi connectivity index (χ2v) is 12.3. The monoisotopic (exact) mass is 579 g/mol. The van der Waals surface area contributed by atoms with Crippen LogP contribution in [0.3, 0.4) is 0 Å². The molecule has 0 radical (unpaired) electrons. The molecule has 206 valence electrons. The van der Waals surface area contributed by atoms with Gasteiger partial charge in [0, 0.05) is 26.5 Å². The van der Waals surface area contributed by atoms with Gasteiger partial charge in [-0.15, -0.1) is 0 Å². The summed E-state index contributed by atoms with van der Waals surface area (Å²) in [4.78, 5) is 17.4. The number of aromatic nitrogens is 3. The normalized spacial score (nSPS) is 15.7. The number of fused-ring (bicyclic) bond motifs is 5. The van der Waals surface area contributed by atoms with Gasteiger partial charge in [-0.1, -0.05) is 151 Å². The van der Waals surface area contributed by atoms with Crippen molar-refractivity contribution in [1.82, 2.24) is 15.0 Å². The summed E-state index contributed by atoms with van der Waals surface area (Å²) < 4.78 is 0. The molecule has 0 fully saturated rings. The van der Waals surface area contributed by atoms with E-state index in [1.54, 1.807) is 0 Å². The Morgan fingerprint density at radius 2 is 0.886 bits per heavy atom. The predicted octanol–water partition coefficient (Wildman–Crippen LogP) is 9.70. The van der Waals surface area contributed by atoms with Gasteiger partial charge in [0.1, 0.15) is 0 Å². The maximum atomic E-state index is 4.97. The quantitative estimate of drug-likeness (QED) is 0.208. The van der Waals surface area contributed by atoms with Gasteiger partial charge < -0.3 is 0 Å². The third kappa shape index (κ3) is 3.68. The Balaban J connectivity index is 1.25. The van der Waals surface area contributed by atoms with Gasteiger partial charge in [-0.3, -0.25) is 0 Å². The van der Waals surface area contributed by atoms with Gasteiger partial charge in [-0.05, 0) is 45.5 Å². The van der Waals surface area contributed by atoms with E-state index in [9.17, 15) is 0 Å². The molecule has 1 unspecified atom stereocenters. The van der Waals surface area contributed by atoms with Crippen LogP contribution >= 0.6 is 11.8 Å². The van der Waals surface area contributed by atoms with Gasteiger partial charge in [-0.2, -0.15) is 0 Å². The van der Waals surface area contributed by atoms with E-state index in [1.165, 1.54) is 43.2 Å². The first-order chi connectivity index (χ1) is 21.8. The van der Waals surface area contributed by atoms with Crippen LogP contribution in [0.15, 0.2) is 161 Å². The lowest BCUT2D eigenvalue weighted by atomic mass is 9.67. The first-order valence-corrected chi connectivity index (χ1v) is 15.6. The highest BCUT2D eigenvalue weighted by Crippen LogP contribution is 2.63. The molecule has 1 aromatic heterocycles. The zero-order valence-electron chi connectivity index (χ0n) is 23.7. The molecule has 4 heteroatoms. The summed E-state index contributed by atoms with van der Waals surface area (Å²) in [5.41, 5.74) is 10.4. The molecule has 3 nitrogen and oxygen atoms in total. The van der Waals surface area contributed by atoms with Gasteiger partial charge in [-0.25, -0.2) is 15.0 Å². The van der Waals surface area contributed by atoms with Crippen molar-refractivity contribution in [3.63, 3.8) is 0 Å². The number of rotatable bonds is 4. The molecule has 1 aliphatic heterocycles. The molecule has 6 aromatic carbocycles. The zero-order valence-corrected chi connectivity index (χ0v) is 24.5. The van der Waals surface area contributed by atoms with E-state index in [0.717, 1.165) is 16.7 Å². The van der Waals surface area contributed by atoms with Crippen molar-refractivity contribution < 1.29 is 0 Å². The van der Waals surface area contributed by atoms with Crippen LogP contribution < -0.4 is 0 Å². The van der Waals surface area contributed by atoms with Crippen molar-refractivity contribution in [1.29, 1.82) is 0 Å². The van der Waals surface area contributed by atoms with Crippen molar-refractivity contribution >= 4 is 11.8 Å². The van der Waals surface area contributed by atoms with Gasteiger partial charge in [0.15, 0.2) is 17.5 Å². The first-order valence-electron chi connectivity index (χ1n) is 14.8. The summed E-state index contributed by atoms with van der Waals surface area (Å²) in [7, 11) is 0. The summed E-state index contributed by atoms with van der Waals surface area (Å²) in [6.45, 7) is 0. The Hall–Kier alpha value is -5.32. The molecule has 44 heavy (non-hydrogen) atoms. The molecule has 0 bridgehead atoms. The van der Waals surface area contributed by atoms with Crippen molar-refractivity contribution in [3.05, 3.63) is 174 Å². The fraction of sp³-hybridized carbons (Fsp3) is 0.0250. The van der Waals surface area contributed by atoms with Crippen LogP contribution in [-0.4, -0.2) is 15.0 Å². The molecule has 0 saturated heterocycles. The Kier molecular flexibility index (Phi) is 5.65. The minimum atomic E-state index is -0.396. The topological polar surface area (TPSA) is 38.7 Å². The van der Waals surface area contributed by atoms with Gasteiger partial charge in [0.05, 0.1) is 5.41 Å². The summed E-state index contributed by atoms with van der Waals surface area (Å²) in [5.74, 6) is 1.99. The van der Waals surface area contributed by atoms with Crippen molar-refractivity contribution in [2.75, 3.05) is 0 Å². The minimum Gasteiger partial charge on any atom is -0.208 e. The molecule has 1 atom stereocenters. The fourth-order valence-corrected chi connectivity index (χ4v) is 8.16. The Bertz CT molecular complexity index is 2140. The average molecular weight is 580 g/mol. The lowest BCUT2D eigenvalue weighted by Crippen LogP contribution is -2.31. The molecule has 0 saturated carbocycles. The highest BCUT2D eigenvalue weighted by atomic mass is 32.2. The SMILES string of the molecule is c1ccc(-c2nc(-c3ccccc3)nc(-c3ccc(C45c6ccccc6Sc6cccc(c64)-c4ccccc45)cc3)n2)cc1. The third-order valence-corrected chi connectivity index (χ3v) is 9.94. The lowest BCUT2D eigenvalue weighted by Gasteiger charge is -2.39. The van der Waals surface area contributed by atoms with E-state index in [4.69, 9.17) is 15.0 Å². The fourth-order valence-electron chi connectivity index (χ4n) is 6.93. The molecule has 2 heterocycles. The summed E-state index contributed by atoms with van der Waals surface area (Å²) in [6.07, 6.45) is 0. The third-order valence-electron chi connectivity index (χ3n) is 8.81. The number of hydrogen-bond acceptors (Lipinski definition) is 4. The number of hydrogen-bond donors (Lipinski definition) is 0. The first kappa shape index (κ1) is 25.2. The molecule has 1 aliphatic carbocycles. The number of nitrogens with zero attached hydrogens (tertiary/aromatic N) is 3. The molecule has 0 spiro atoms. The second kappa shape index (κ2) is 9.87.